The molecule has 3 aromatic rings. The van der Waals surface area contributed by atoms with Gasteiger partial charge in [-0.1, -0.05) is 36.1 Å². The quantitative estimate of drug-likeness (QED) is 0.589. The molecule has 0 N–H and O–H groups in total. The zero-order chi connectivity index (χ0) is 16.8. The normalized spacial score (nSPS) is 9.42. The molecule has 2 aromatic heterocycles. The van der Waals surface area contributed by atoms with Crippen molar-refractivity contribution in [3.8, 4) is 23.7 Å². The van der Waals surface area contributed by atoms with Gasteiger partial charge in [-0.2, -0.15) is 0 Å². The highest BCUT2D eigenvalue weighted by Gasteiger charge is 1.96. The number of rotatable bonds is 0. The lowest BCUT2D eigenvalue weighted by molar-refractivity contribution is 1.18. The third-order valence-corrected chi connectivity index (χ3v) is 3.35. The Morgan fingerprint density at radius 2 is 1.00 bits per heavy atom. The summed E-state index contributed by atoms with van der Waals surface area (Å²) in [5.41, 5.74) is 5.22. The maximum atomic E-state index is 4.40. The van der Waals surface area contributed by atoms with Crippen LogP contribution in [0.4, 0.5) is 0 Å². The number of nitrogens with zero attached hydrogens (tertiary/aromatic N) is 2. The lowest BCUT2D eigenvalue weighted by Crippen LogP contribution is -1.88. The molecule has 0 fully saturated rings. The van der Waals surface area contributed by atoms with E-state index in [1.165, 1.54) is 0 Å². The largest absolute Gasteiger partial charge is 0.245 e. The Morgan fingerprint density at radius 3 is 1.42 bits per heavy atom. The van der Waals surface area contributed by atoms with Gasteiger partial charge in [0.15, 0.2) is 0 Å². The molecule has 3 rings (SSSR count). The second-order valence-corrected chi connectivity index (χ2v) is 5.37. The summed E-state index contributed by atoms with van der Waals surface area (Å²) in [4.78, 5) is 8.80. The fraction of sp³-hybridized carbons (Fsp3) is 0.0909. The van der Waals surface area contributed by atoms with Crippen molar-refractivity contribution in [1.29, 1.82) is 0 Å². The van der Waals surface area contributed by atoms with Gasteiger partial charge in [0.05, 0.1) is 0 Å². The maximum Gasteiger partial charge on any atom is 0.113 e. The predicted octanol–water partition coefficient (Wildman–Crippen LogP) is 3.89. The van der Waals surface area contributed by atoms with Crippen molar-refractivity contribution in [2.24, 2.45) is 0 Å². The fourth-order valence-corrected chi connectivity index (χ4v) is 2.19. The van der Waals surface area contributed by atoms with E-state index in [1.54, 1.807) is 0 Å². The van der Waals surface area contributed by atoms with Gasteiger partial charge < -0.3 is 0 Å². The van der Waals surface area contributed by atoms with E-state index in [2.05, 4.69) is 33.6 Å². The van der Waals surface area contributed by atoms with E-state index in [4.69, 9.17) is 0 Å². The summed E-state index contributed by atoms with van der Waals surface area (Å²) in [5, 5.41) is 0. The highest BCUT2D eigenvalue weighted by Crippen LogP contribution is 2.07. The molecule has 0 atom stereocenters. The first-order valence-corrected chi connectivity index (χ1v) is 7.71. The summed E-state index contributed by atoms with van der Waals surface area (Å²) in [5.74, 6) is 12.5. The number of aromatic nitrogens is 2. The summed E-state index contributed by atoms with van der Waals surface area (Å²) in [6, 6.07) is 19.5. The van der Waals surface area contributed by atoms with Crippen LogP contribution in [0.2, 0.25) is 0 Å². The highest BCUT2D eigenvalue weighted by molar-refractivity contribution is 5.53. The van der Waals surface area contributed by atoms with Gasteiger partial charge in [-0.25, -0.2) is 9.97 Å². The van der Waals surface area contributed by atoms with Crippen molar-refractivity contribution >= 4 is 0 Å². The fourth-order valence-electron chi connectivity index (χ4n) is 2.19. The Bertz CT molecular complexity index is 913. The van der Waals surface area contributed by atoms with Crippen LogP contribution in [-0.2, 0) is 0 Å². The van der Waals surface area contributed by atoms with Crippen molar-refractivity contribution in [2.75, 3.05) is 0 Å². The van der Waals surface area contributed by atoms with E-state index in [0.29, 0.717) is 0 Å². The molecule has 0 spiro atoms. The second-order valence-electron chi connectivity index (χ2n) is 5.37. The smallest absolute Gasteiger partial charge is 0.113 e. The van der Waals surface area contributed by atoms with Gasteiger partial charge in [-0.05, 0) is 62.1 Å². The molecular formula is C22H16N2. The molecular weight excluding hydrogens is 292 g/mol. The minimum absolute atomic E-state index is 0.762. The van der Waals surface area contributed by atoms with Crippen molar-refractivity contribution in [3.05, 3.63) is 94.6 Å². The number of hydrogen-bond donors (Lipinski definition) is 0. The minimum Gasteiger partial charge on any atom is -0.245 e. The molecule has 0 radical (unpaired) electrons. The standard InChI is InChI=1S/C22H16N2/c1-17-7-5-11-21(23-17)15-13-19-9-3-4-10-20(19)14-16-22-12-6-8-18(2)24-22/h3-12H,1-2H3. The topological polar surface area (TPSA) is 25.8 Å². The van der Waals surface area contributed by atoms with Crippen LogP contribution in [0, 0.1) is 37.5 Å². The summed E-state index contributed by atoms with van der Waals surface area (Å²) in [6.07, 6.45) is 0. The first-order chi connectivity index (χ1) is 11.7. The molecule has 0 bridgehead atoms. The van der Waals surface area contributed by atoms with Gasteiger partial charge in [-0.15, -0.1) is 0 Å². The van der Waals surface area contributed by atoms with Crippen LogP contribution in [0.3, 0.4) is 0 Å². The summed E-state index contributed by atoms with van der Waals surface area (Å²) < 4.78 is 0. The highest BCUT2D eigenvalue weighted by atomic mass is 14.7. The van der Waals surface area contributed by atoms with E-state index in [0.717, 1.165) is 33.9 Å². The number of aryl methyl sites for hydroxylation is 2. The molecule has 0 unspecified atom stereocenters. The van der Waals surface area contributed by atoms with Crippen molar-refractivity contribution in [2.45, 2.75) is 13.8 Å². The molecule has 0 amide bonds. The van der Waals surface area contributed by atoms with Crippen LogP contribution in [0.1, 0.15) is 33.9 Å². The van der Waals surface area contributed by atoms with Gasteiger partial charge in [-0.3, -0.25) is 0 Å². The number of benzene rings is 1. The van der Waals surface area contributed by atoms with Gasteiger partial charge in [0.2, 0.25) is 0 Å². The predicted molar refractivity (Wildman–Crippen MR) is 96.4 cm³/mol. The molecule has 0 saturated carbocycles. The molecule has 1 aromatic carbocycles. The molecule has 2 nitrogen and oxygen atoms in total. The Balaban J connectivity index is 1.93. The van der Waals surface area contributed by atoms with Crippen LogP contribution in [-0.4, -0.2) is 9.97 Å². The van der Waals surface area contributed by atoms with Crippen molar-refractivity contribution in [1.82, 2.24) is 9.97 Å². The van der Waals surface area contributed by atoms with Gasteiger partial charge in [0, 0.05) is 22.5 Å². The third kappa shape index (κ3) is 4.09. The number of pyridine rings is 2. The summed E-state index contributed by atoms with van der Waals surface area (Å²) in [6.45, 7) is 3.92. The Morgan fingerprint density at radius 1 is 0.542 bits per heavy atom. The van der Waals surface area contributed by atoms with E-state index >= 15 is 0 Å². The lowest BCUT2D eigenvalue weighted by atomic mass is 10.1. The molecule has 2 heteroatoms. The summed E-state index contributed by atoms with van der Waals surface area (Å²) in [7, 11) is 0. The molecule has 0 aliphatic heterocycles. The van der Waals surface area contributed by atoms with Crippen molar-refractivity contribution in [3.63, 3.8) is 0 Å². The van der Waals surface area contributed by atoms with Crippen LogP contribution in [0.25, 0.3) is 0 Å². The number of hydrogen-bond acceptors (Lipinski definition) is 2. The van der Waals surface area contributed by atoms with Crippen LogP contribution >= 0.6 is 0 Å². The second kappa shape index (κ2) is 7.27. The average molecular weight is 308 g/mol. The van der Waals surface area contributed by atoms with E-state index < -0.39 is 0 Å². The average Bonchev–Trinajstić information content (AvgIpc) is 2.59. The lowest BCUT2D eigenvalue weighted by Gasteiger charge is -1.96. The van der Waals surface area contributed by atoms with Gasteiger partial charge in [0.25, 0.3) is 0 Å². The Kier molecular flexibility index (Phi) is 4.70. The van der Waals surface area contributed by atoms with Gasteiger partial charge >= 0.3 is 0 Å². The SMILES string of the molecule is Cc1cccc(C#Cc2ccccc2C#Cc2cccc(C)n2)n1. The van der Waals surface area contributed by atoms with E-state index in [-0.39, 0.29) is 0 Å². The first-order valence-electron chi connectivity index (χ1n) is 7.71. The zero-order valence-corrected chi connectivity index (χ0v) is 13.7. The third-order valence-electron chi connectivity index (χ3n) is 3.35. The molecule has 0 aliphatic carbocycles. The Labute approximate surface area is 142 Å². The molecule has 114 valence electrons. The molecule has 24 heavy (non-hydrogen) atoms. The van der Waals surface area contributed by atoms with Gasteiger partial charge in [0.1, 0.15) is 11.4 Å². The first kappa shape index (κ1) is 15.5. The molecule has 0 aliphatic rings. The molecule has 2 heterocycles. The monoisotopic (exact) mass is 308 g/mol. The maximum absolute atomic E-state index is 4.40. The van der Waals surface area contributed by atoms with Crippen LogP contribution in [0.5, 0.6) is 0 Å². The van der Waals surface area contributed by atoms with E-state index in [9.17, 15) is 0 Å². The molecule has 0 saturated heterocycles. The summed E-state index contributed by atoms with van der Waals surface area (Å²) >= 11 is 0. The Hall–Kier alpha value is -3.36. The van der Waals surface area contributed by atoms with Crippen LogP contribution in [0.15, 0.2) is 60.7 Å². The van der Waals surface area contributed by atoms with Crippen LogP contribution < -0.4 is 0 Å². The van der Waals surface area contributed by atoms with Crippen molar-refractivity contribution < 1.29 is 0 Å². The minimum atomic E-state index is 0.762. The van der Waals surface area contributed by atoms with E-state index in [1.807, 2.05) is 74.5 Å². The zero-order valence-electron chi connectivity index (χ0n) is 13.7.